The smallest absolute Gasteiger partial charge is 0.241 e. The fraction of sp³-hybridized carbons (Fsp3) is 0.529. The zero-order chi connectivity index (χ0) is 17.4. The summed E-state index contributed by atoms with van der Waals surface area (Å²) in [5.41, 5.74) is 0.948. The maximum absolute atomic E-state index is 11.8. The van der Waals surface area contributed by atoms with Crippen molar-refractivity contribution < 1.29 is 9.53 Å². The number of nitrogens with zero attached hydrogens (tertiary/aromatic N) is 2. The molecule has 1 fully saturated rings. The molecule has 1 saturated heterocycles. The Bertz CT molecular complexity index is 578. The number of benzene rings is 1. The minimum absolute atomic E-state index is 0. The number of nitrogens with one attached hydrogen (secondary N) is 2. The van der Waals surface area contributed by atoms with Crippen LogP contribution in [-0.2, 0) is 16.1 Å². The van der Waals surface area contributed by atoms with Gasteiger partial charge < -0.3 is 20.3 Å². The van der Waals surface area contributed by atoms with E-state index in [0.717, 1.165) is 31.7 Å². The Kier molecular flexibility index (Phi) is 10.1. The first-order chi connectivity index (χ1) is 11.6. The van der Waals surface area contributed by atoms with Gasteiger partial charge in [-0.15, -0.1) is 24.0 Å². The second kappa shape index (κ2) is 11.5. The highest BCUT2D eigenvalue weighted by atomic mass is 127. The molecule has 1 aromatic rings. The summed E-state index contributed by atoms with van der Waals surface area (Å²) >= 11 is 6.17. The van der Waals surface area contributed by atoms with Gasteiger partial charge in [-0.25, -0.2) is 4.99 Å². The van der Waals surface area contributed by atoms with Crippen molar-refractivity contribution in [3.63, 3.8) is 0 Å². The fourth-order valence-corrected chi connectivity index (χ4v) is 2.46. The maximum Gasteiger partial charge on any atom is 0.241 e. The van der Waals surface area contributed by atoms with Gasteiger partial charge in [-0.2, -0.15) is 0 Å². The van der Waals surface area contributed by atoms with Gasteiger partial charge >= 0.3 is 0 Å². The monoisotopic (exact) mass is 480 g/mol. The Morgan fingerprint density at radius 3 is 2.76 bits per heavy atom. The zero-order valence-corrected chi connectivity index (χ0v) is 17.7. The predicted octanol–water partition coefficient (Wildman–Crippen LogP) is 2.12. The van der Waals surface area contributed by atoms with Gasteiger partial charge in [-0.05, 0) is 18.1 Å². The molecule has 0 bridgehead atoms. The molecule has 1 heterocycles. The number of amides is 1. The lowest BCUT2D eigenvalue weighted by atomic mass is 10.1. The van der Waals surface area contributed by atoms with E-state index in [0.29, 0.717) is 23.4 Å². The van der Waals surface area contributed by atoms with Crippen molar-refractivity contribution in [1.82, 2.24) is 15.5 Å². The molecule has 0 aliphatic carbocycles. The number of guanidine groups is 1. The molecule has 25 heavy (non-hydrogen) atoms. The van der Waals surface area contributed by atoms with E-state index < -0.39 is 0 Å². The fourth-order valence-electron chi connectivity index (χ4n) is 2.27. The number of rotatable bonds is 6. The number of ether oxygens (including phenoxy) is 1. The maximum atomic E-state index is 11.8. The van der Waals surface area contributed by atoms with Crippen molar-refractivity contribution in [3.8, 4) is 0 Å². The van der Waals surface area contributed by atoms with Crippen LogP contribution in [0.3, 0.4) is 0 Å². The first kappa shape index (κ1) is 22.0. The molecule has 140 valence electrons. The van der Waals surface area contributed by atoms with E-state index >= 15 is 0 Å². The minimum Gasteiger partial charge on any atom is -0.381 e. The van der Waals surface area contributed by atoms with E-state index in [1.807, 2.05) is 24.3 Å². The molecular formula is C17H26ClIN4O2. The second-order valence-corrected chi connectivity index (χ2v) is 6.42. The third kappa shape index (κ3) is 7.79. The molecule has 1 aromatic carbocycles. The average Bonchev–Trinajstić information content (AvgIpc) is 3.08. The number of hydrogen-bond acceptors (Lipinski definition) is 3. The van der Waals surface area contributed by atoms with Crippen LogP contribution >= 0.6 is 35.6 Å². The molecule has 0 radical (unpaired) electrons. The SMILES string of the molecule is CN(C)C(=O)CNC(=NCc1ccccc1Cl)NCC1CCOC1.I. The van der Waals surface area contributed by atoms with Crippen LogP contribution in [0.2, 0.25) is 5.02 Å². The minimum atomic E-state index is -0.00792. The summed E-state index contributed by atoms with van der Waals surface area (Å²) in [5, 5.41) is 7.06. The Balaban J connectivity index is 0.00000312. The molecule has 1 atom stereocenters. The molecule has 1 aliphatic rings. The molecule has 2 N–H and O–H groups in total. The number of halogens is 2. The summed E-state index contributed by atoms with van der Waals surface area (Å²) in [4.78, 5) is 17.9. The van der Waals surface area contributed by atoms with Crippen LogP contribution in [-0.4, -0.2) is 57.2 Å². The molecule has 1 amide bonds. The number of carbonyl (C=O) groups is 1. The molecule has 0 spiro atoms. The normalized spacial score (nSPS) is 16.9. The molecule has 1 aliphatic heterocycles. The van der Waals surface area contributed by atoms with Gasteiger partial charge in [0.15, 0.2) is 5.96 Å². The van der Waals surface area contributed by atoms with Gasteiger partial charge in [0.1, 0.15) is 0 Å². The predicted molar refractivity (Wildman–Crippen MR) is 112 cm³/mol. The van der Waals surface area contributed by atoms with Crippen LogP contribution in [0, 0.1) is 5.92 Å². The van der Waals surface area contributed by atoms with Gasteiger partial charge in [0.25, 0.3) is 0 Å². The number of likely N-dealkylation sites (N-methyl/N-ethyl adjacent to an activating group) is 1. The average molecular weight is 481 g/mol. The Morgan fingerprint density at radius 2 is 2.12 bits per heavy atom. The Morgan fingerprint density at radius 1 is 1.36 bits per heavy atom. The standard InChI is InChI=1S/C17H25ClN4O2.HI/c1-22(2)16(23)11-21-17(19-9-13-7-8-24-12-13)20-10-14-5-3-4-6-15(14)18;/h3-6,13H,7-12H2,1-2H3,(H2,19,20,21);1H. The molecule has 0 saturated carbocycles. The van der Waals surface area contributed by atoms with E-state index in [1.54, 1.807) is 19.0 Å². The van der Waals surface area contributed by atoms with Crippen molar-refractivity contribution in [2.45, 2.75) is 13.0 Å². The first-order valence-electron chi connectivity index (χ1n) is 8.09. The van der Waals surface area contributed by atoms with Crippen molar-refractivity contribution >= 4 is 47.4 Å². The third-order valence-electron chi connectivity index (χ3n) is 3.85. The van der Waals surface area contributed by atoms with E-state index in [2.05, 4.69) is 15.6 Å². The highest BCUT2D eigenvalue weighted by Gasteiger charge is 2.16. The number of aliphatic imine (C=N–C) groups is 1. The van der Waals surface area contributed by atoms with E-state index in [4.69, 9.17) is 16.3 Å². The van der Waals surface area contributed by atoms with Crippen molar-refractivity contribution in [3.05, 3.63) is 34.9 Å². The van der Waals surface area contributed by atoms with Crippen molar-refractivity contribution in [2.24, 2.45) is 10.9 Å². The van der Waals surface area contributed by atoms with E-state index in [1.165, 1.54) is 0 Å². The number of hydrogen-bond donors (Lipinski definition) is 2. The summed E-state index contributed by atoms with van der Waals surface area (Å²) in [6, 6.07) is 7.61. The summed E-state index contributed by atoms with van der Waals surface area (Å²) in [5.74, 6) is 1.07. The molecule has 8 heteroatoms. The lowest BCUT2D eigenvalue weighted by Crippen LogP contribution is -2.44. The van der Waals surface area contributed by atoms with Crippen molar-refractivity contribution in [2.75, 3.05) is 40.4 Å². The highest BCUT2D eigenvalue weighted by molar-refractivity contribution is 14.0. The second-order valence-electron chi connectivity index (χ2n) is 6.01. The Hall–Kier alpha value is -1.06. The van der Waals surface area contributed by atoms with Crippen LogP contribution in [0.4, 0.5) is 0 Å². The van der Waals surface area contributed by atoms with Crippen molar-refractivity contribution in [1.29, 1.82) is 0 Å². The van der Waals surface area contributed by atoms with Gasteiger partial charge in [-0.1, -0.05) is 29.8 Å². The molecule has 1 unspecified atom stereocenters. The van der Waals surface area contributed by atoms with E-state index in [9.17, 15) is 4.79 Å². The molecule has 2 rings (SSSR count). The van der Waals surface area contributed by atoms with Gasteiger partial charge in [-0.3, -0.25) is 4.79 Å². The Labute approximate surface area is 171 Å². The number of carbonyl (C=O) groups excluding carboxylic acids is 1. The van der Waals surface area contributed by atoms with Crippen LogP contribution in [0.15, 0.2) is 29.3 Å². The summed E-state index contributed by atoms with van der Waals surface area (Å²) in [6.07, 6.45) is 1.04. The van der Waals surface area contributed by atoms with Gasteiger partial charge in [0, 0.05) is 38.2 Å². The lowest BCUT2D eigenvalue weighted by Gasteiger charge is -2.16. The molecule has 0 aromatic heterocycles. The summed E-state index contributed by atoms with van der Waals surface area (Å²) in [6.45, 7) is 2.99. The van der Waals surface area contributed by atoms with Crippen LogP contribution in [0.25, 0.3) is 0 Å². The van der Waals surface area contributed by atoms with E-state index in [-0.39, 0.29) is 36.4 Å². The topological polar surface area (TPSA) is 66.0 Å². The molecule has 6 nitrogen and oxygen atoms in total. The van der Waals surface area contributed by atoms with Crippen LogP contribution in [0.1, 0.15) is 12.0 Å². The van der Waals surface area contributed by atoms with Gasteiger partial charge in [0.05, 0.1) is 19.7 Å². The summed E-state index contributed by atoms with van der Waals surface area (Å²) < 4.78 is 5.39. The quantitative estimate of drug-likeness (QED) is 0.372. The highest BCUT2D eigenvalue weighted by Crippen LogP contribution is 2.15. The van der Waals surface area contributed by atoms with Gasteiger partial charge in [0.2, 0.25) is 5.91 Å². The lowest BCUT2D eigenvalue weighted by molar-refractivity contribution is -0.127. The van der Waals surface area contributed by atoms with Crippen LogP contribution < -0.4 is 10.6 Å². The third-order valence-corrected chi connectivity index (χ3v) is 4.22. The zero-order valence-electron chi connectivity index (χ0n) is 14.6. The summed E-state index contributed by atoms with van der Waals surface area (Å²) in [7, 11) is 3.46. The largest absolute Gasteiger partial charge is 0.381 e. The molecular weight excluding hydrogens is 455 g/mol. The van der Waals surface area contributed by atoms with Crippen LogP contribution in [0.5, 0.6) is 0 Å². The first-order valence-corrected chi connectivity index (χ1v) is 8.47.